The van der Waals surface area contributed by atoms with E-state index in [1.807, 2.05) is 12.1 Å². The van der Waals surface area contributed by atoms with E-state index in [1.54, 1.807) is 13.0 Å². The van der Waals surface area contributed by atoms with Gasteiger partial charge in [-0.3, -0.25) is 0 Å². The average Bonchev–Trinajstić information content (AvgIpc) is 2.44. The minimum absolute atomic E-state index is 0.335. The van der Waals surface area contributed by atoms with Crippen molar-refractivity contribution >= 4 is 17.3 Å². The van der Waals surface area contributed by atoms with Gasteiger partial charge in [0.25, 0.3) is 0 Å². The number of rotatable bonds is 8. The van der Waals surface area contributed by atoms with Crippen molar-refractivity contribution in [2.45, 2.75) is 53.0 Å². The molecular weight excluding hydrogens is 264 g/mol. The van der Waals surface area contributed by atoms with Crippen LogP contribution < -0.4 is 10.6 Å². The third-order valence-corrected chi connectivity index (χ3v) is 3.51. The number of nitrogens with zero attached hydrogens (tertiary/aromatic N) is 1. The molecule has 1 aromatic rings. The molecule has 0 fully saturated rings. The van der Waals surface area contributed by atoms with Crippen LogP contribution in [-0.4, -0.2) is 25.2 Å². The molecule has 0 aliphatic rings. The normalized spacial score (nSPS) is 10.7. The van der Waals surface area contributed by atoms with E-state index in [-0.39, 0.29) is 5.97 Å². The third kappa shape index (κ3) is 4.66. The lowest BCUT2D eigenvalue weighted by atomic mass is 10.1. The van der Waals surface area contributed by atoms with E-state index in [0.717, 1.165) is 18.7 Å². The predicted molar refractivity (Wildman–Crippen MR) is 88.8 cm³/mol. The van der Waals surface area contributed by atoms with Gasteiger partial charge in [0.2, 0.25) is 0 Å². The predicted octanol–water partition coefficient (Wildman–Crippen LogP) is 3.85. The number of carbonyl (C=O) groups is 1. The molecular formula is C17H28N2O2. The fourth-order valence-corrected chi connectivity index (χ4v) is 2.38. The average molecular weight is 292 g/mol. The molecule has 0 bridgehead atoms. The number of carbonyl (C=O) groups excluding carboxylic acids is 1. The van der Waals surface area contributed by atoms with Crippen LogP contribution in [0.25, 0.3) is 0 Å². The molecule has 1 aromatic carbocycles. The van der Waals surface area contributed by atoms with E-state index in [0.29, 0.717) is 23.9 Å². The Labute approximate surface area is 128 Å². The number of hydrogen-bond donors (Lipinski definition) is 1. The molecule has 0 saturated carbocycles. The molecule has 4 nitrogen and oxygen atoms in total. The van der Waals surface area contributed by atoms with Gasteiger partial charge < -0.3 is 15.4 Å². The molecule has 0 saturated heterocycles. The first-order valence-corrected chi connectivity index (χ1v) is 7.85. The maximum absolute atomic E-state index is 11.9. The van der Waals surface area contributed by atoms with Crippen LogP contribution in [-0.2, 0) is 4.74 Å². The highest BCUT2D eigenvalue weighted by Gasteiger charge is 2.18. The molecule has 0 aromatic heterocycles. The van der Waals surface area contributed by atoms with Crippen molar-refractivity contribution in [3.8, 4) is 0 Å². The second-order valence-electron chi connectivity index (χ2n) is 5.45. The van der Waals surface area contributed by atoms with Gasteiger partial charge in [-0.25, -0.2) is 4.79 Å². The SMILES string of the molecule is CCCCCN(c1cccc(C(=O)OCC)c1N)C(C)C. The van der Waals surface area contributed by atoms with Crippen molar-refractivity contribution in [2.75, 3.05) is 23.8 Å². The Morgan fingerprint density at radius 1 is 1.29 bits per heavy atom. The van der Waals surface area contributed by atoms with Gasteiger partial charge in [0.1, 0.15) is 0 Å². The number of unbranched alkanes of at least 4 members (excludes halogenated alkanes) is 2. The highest BCUT2D eigenvalue weighted by molar-refractivity contribution is 5.98. The van der Waals surface area contributed by atoms with Crippen LogP contribution in [0.2, 0.25) is 0 Å². The molecule has 0 radical (unpaired) electrons. The van der Waals surface area contributed by atoms with Crippen molar-refractivity contribution in [1.82, 2.24) is 0 Å². The maximum atomic E-state index is 11.9. The molecule has 0 heterocycles. The monoisotopic (exact) mass is 292 g/mol. The van der Waals surface area contributed by atoms with Crippen LogP contribution in [0.15, 0.2) is 18.2 Å². The Kier molecular flexibility index (Phi) is 7.06. The lowest BCUT2D eigenvalue weighted by Crippen LogP contribution is -2.32. The summed E-state index contributed by atoms with van der Waals surface area (Å²) in [5.74, 6) is -0.353. The number of ether oxygens (including phenoxy) is 1. The number of para-hydroxylation sites is 1. The van der Waals surface area contributed by atoms with Crippen LogP contribution in [0, 0.1) is 0 Å². The molecule has 0 aliphatic carbocycles. The molecule has 0 unspecified atom stereocenters. The maximum Gasteiger partial charge on any atom is 0.340 e. The number of esters is 1. The second kappa shape index (κ2) is 8.55. The van der Waals surface area contributed by atoms with E-state index in [4.69, 9.17) is 10.5 Å². The Balaban J connectivity index is 3.03. The fraction of sp³-hybridized carbons (Fsp3) is 0.588. The van der Waals surface area contributed by atoms with E-state index in [1.165, 1.54) is 12.8 Å². The zero-order valence-corrected chi connectivity index (χ0v) is 13.7. The summed E-state index contributed by atoms with van der Waals surface area (Å²) in [4.78, 5) is 14.2. The van der Waals surface area contributed by atoms with Crippen molar-refractivity contribution < 1.29 is 9.53 Å². The van der Waals surface area contributed by atoms with Crippen molar-refractivity contribution in [3.63, 3.8) is 0 Å². The molecule has 2 N–H and O–H groups in total. The lowest BCUT2D eigenvalue weighted by molar-refractivity contribution is 0.0527. The number of hydrogen-bond acceptors (Lipinski definition) is 4. The summed E-state index contributed by atoms with van der Waals surface area (Å²) in [5, 5.41) is 0. The highest BCUT2D eigenvalue weighted by atomic mass is 16.5. The molecule has 4 heteroatoms. The smallest absolute Gasteiger partial charge is 0.340 e. The molecule has 0 amide bonds. The minimum atomic E-state index is -0.353. The van der Waals surface area contributed by atoms with Gasteiger partial charge >= 0.3 is 5.97 Å². The van der Waals surface area contributed by atoms with Crippen LogP contribution in [0.5, 0.6) is 0 Å². The first kappa shape index (κ1) is 17.3. The van der Waals surface area contributed by atoms with Crippen LogP contribution >= 0.6 is 0 Å². The van der Waals surface area contributed by atoms with Gasteiger partial charge in [0, 0.05) is 12.6 Å². The largest absolute Gasteiger partial charge is 0.462 e. The van der Waals surface area contributed by atoms with Gasteiger partial charge in [-0.15, -0.1) is 0 Å². The molecule has 0 aliphatic heterocycles. The summed E-state index contributed by atoms with van der Waals surface area (Å²) in [6, 6.07) is 5.90. The van der Waals surface area contributed by atoms with Gasteiger partial charge in [0.05, 0.1) is 23.5 Å². The summed E-state index contributed by atoms with van der Waals surface area (Å²) >= 11 is 0. The van der Waals surface area contributed by atoms with E-state index < -0.39 is 0 Å². The van der Waals surface area contributed by atoms with E-state index in [9.17, 15) is 4.79 Å². The Bertz CT molecular complexity index is 458. The van der Waals surface area contributed by atoms with Crippen molar-refractivity contribution in [2.24, 2.45) is 0 Å². The van der Waals surface area contributed by atoms with Crippen molar-refractivity contribution in [1.29, 1.82) is 0 Å². The van der Waals surface area contributed by atoms with E-state index >= 15 is 0 Å². The molecule has 118 valence electrons. The lowest BCUT2D eigenvalue weighted by Gasteiger charge is -2.30. The number of nitrogen functional groups attached to an aromatic ring is 1. The zero-order valence-electron chi connectivity index (χ0n) is 13.7. The third-order valence-electron chi connectivity index (χ3n) is 3.51. The Morgan fingerprint density at radius 2 is 2.00 bits per heavy atom. The topological polar surface area (TPSA) is 55.6 Å². The molecule has 0 atom stereocenters. The van der Waals surface area contributed by atoms with E-state index in [2.05, 4.69) is 25.7 Å². The summed E-state index contributed by atoms with van der Waals surface area (Å²) in [6.45, 7) is 9.57. The Morgan fingerprint density at radius 3 is 2.57 bits per heavy atom. The van der Waals surface area contributed by atoms with Gasteiger partial charge in [0.15, 0.2) is 0 Å². The Hall–Kier alpha value is -1.71. The highest BCUT2D eigenvalue weighted by Crippen LogP contribution is 2.29. The molecule has 1 rings (SSSR count). The number of anilines is 2. The van der Waals surface area contributed by atoms with Gasteiger partial charge in [-0.05, 0) is 39.3 Å². The van der Waals surface area contributed by atoms with Crippen LogP contribution in [0.4, 0.5) is 11.4 Å². The second-order valence-corrected chi connectivity index (χ2v) is 5.45. The van der Waals surface area contributed by atoms with Crippen LogP contribution in [0.1, 0.15) is 57.3 Å². The summed E-state index contributed by atoms with van der Waals surface area (Å²) < 4.78 is 5.07. The molecule has 21 heavy (non-hydrogen) atoms. The standard InChI is InChI=1S/C17H28N2O2/c1-5-7-8-12-19(13(3)4)15-11-9-10-14(16(15)18)17(20)21-6-2/h9-11,13H,5-8,12,18H2,1-4H3. The number of benzene rings is 1. The summed E-state index contributed by atoms with van der Waals surface area (Å²) in [6.07, 6.45) is 3.50. The minimum Gasteiger partial charge on any atom is -0.462 e. The first-order valence-electron chi connectivity index (χ1n) is 7.85. The summed E-state index contributed by atoms with van der Waals surface area (Å²) in [5.41, 5.74) is 8.11. The first-order chi connectivity index (χ1) is 10.0. The van der Waals surface area contributed by atoms with Gasteiger partial charge in [-0.1, -0.05) is 25.8 Å². The van der Waals surface area contributed by atoms with Gasteiger partial charge in [-0.2, -0.15) is 0 Å². The molecule has 0 spiro atoms. The quantitative estimate of drug-likeness (QED) is 0.449. The number of nitrogens with two attached hydrogens (primary N) is 1. The van der Waals surface area contributed by atoms with Crippen LogP contribution in [0.3, 0.4) is 0 Å². The zero-order chi connectivity index (χ0) is 15.8. The fourth-order valence-electron chi connectivity index (χ4n) is 2.38. The summed E-state index contributed by atoms with van der Waals surface area (Å²) in [7, 11) is 0. The van der Waals surface area contributed by atoms with Crippen molar-refractivity contribution in [3.05, 3.63) is 23.8 Å².